The van der Waals surface area contributed by atoms with E-state index in [1.807, 2.05) is 10.9 Å². The molecule has 0 radical (unpaired) electrons. The molecule has 0 spiro atoms. The molecule has 0 atom stereocenters. The van der Waals surface area contributed by atoms with E-state index in [9.17, 15) is 18.0 Å². The van der Waals surface area contributed by atoms with Gasteiger partial charge >= 0.3 is 6.18 Å². The fraction of sp³-hybridized carbons (Fsp3) is 0.500. The number of nitrogens with zero attached hydrogens (tertiary/aromatic N) is 4. The molecule has 0 bridgehead atoms. The second-order valence-corrected chi connectivity index (χ2v) is 9.80. The summed E-state index contributed by atoms with van der Waals surface area (Å²) < 4.78 is 47.5. The number of methoxy groups -OCH3 is 1. The molecule has 198 valence electrons. The summed E-state index contributed by atoms with van der Waals surface area (Å²) in [6.45, 7) is 5.51. The van der Waals surface area contributed by atoms with Crippen molar-refractivity contribution in [2.75, 3.05) is 45.2 Å². The Hall–Kier alpha value is -3.18. The van der Waals surface area contributed by atoms with Gasteiger partial charge in [0.25, 0.3) is 5.91 Å². The van der Waals surface area contributed by atoms with Crippen LogP contribution in [-0.4, -0.2) is 65.4 Å². The van der Waals surface area contributed by atoms with Gasteiger partial charge in [0.1, 0.15) is 11.4 Å². The monoisotopic (exact) mass is 516 g/mol. The van der Waals surface area contributed by atoms with Crippen molar-refractivity contribution in [3.63, 3.8) is 0 Å². The summed E-state index contributed by atoms with van der Waals surface area (Å²) in [5.74, 6) is 0.0607. The van der Waals surface area contributed by atoms with Crippen LogP contribution >= 0.6 is 0 Å². The topological polar surface area (TPSA) is 84.3 Å². The van der Waals surface area contributed by atoms with E-state index in [4.69, 9.17) is 9.84 Å². The summed E-state index contributed by atoms with van der Waals surface area (Å²) in [4.78, 5) is 19.0. The van der Waals surface area contributed by atoms with Gasteiger partial charge < -0.3 is 20.3 Å². The Balaban J connectivity index is 1.30. The van der Waals surface area contributed by atoms with Gasteiger partial charge in [-0.3, -0.25) is 14.5 Å². The molecule has 3 heterocycles. The van der Waals surface area contributed by atoms with Crippen molar-refractivity contribution in [3.05, 3.63) is 47.9 Å². The first-order valence-electron chi connectivity index (χ1n) is 12.7. The van der Waals surface area contributed by atoms with Gasteiger partial charge in [0.2, 0.25) is 0 Å². The SMILES string of the molecule is COc1cc2nn(C3CCC(CN4CCNCC4)CC3)cc2cc1NC(=O)c1ncccc1C(F)(F)F. The average Bonchev–Trinajstić information content (AvgIpc) is 3.31. The molecular weight excluding hydrogens is 485 g/mol. The molecule has 2 aromatic heterocycles. The maximum atomic E-state index is 13.4. The molecule has 11 heteroatoms. The van der Waals surface area contributed by atoms with Crippen LogP contribution in [0.4, 0.5) is 18.9 Å². The van der Waals surface area contributed by atoms with Crippen molar-refractivity contribution in [1.82, 2.24) is 25.0 Å². The third-order valence-corrected chi connectivity index (χ3v) is 7.34. The standard InChI is InChI=1S/C26H31F3N6O2/c1-37-23-14-21-18(13-22(23)32-25(36)24-20(26(27,28)29)3-2-8-31-24)16-35(33-21)19-6-4-17(5-7-19)15-34-11-9-30-10-12-34/h2-3,8,13-14,16-17,19,30H,4-7,9-12,15H2,1H3,(H,32,36). The number of fused-ring (bicyclic) bond motifs is 1. The van der Waals surface area contributed by atoms with Crippen molar-refractivity contribution in [2.45, 2.75) is 37.9 Å². The summed E-state index contributed by atoms with van der Waals surface area (Å²) in [5, 5.41) is 11.5. The van der Waals surface area contributed by atoms with Gasteiger partial charge in [0, 0.05) is 56.6 Å². The smallest absolute Gasteiger partial charge is 0.418 e. The van der Waals surface area contributed by atoms with Gasteiger partial charge in [-0.25, -0.2) is 0 Å². The van der Waals surface area contributed by atoms with E-state index in [0.29, 0.717) is 23.2 Å². The highest BCUT2D eigenvalue weighted by molar-refractivity contribution is 6.06. The number of anilines is 1. The predicted molar refractivity (Wildman–Crippen MR) is 134 cm³/mol. The summed E-state index contributed by atoms with van der Waals surface area (Å²) in [7, 11) is 1.44. The molecule has 3 aromatic rings. The van der Waals surface area contributed by atoms with Gasteiger partial charge in [0.15, 0.2) is 0 Å². The number of nitrogens with one attached hydrogen (secondary N) is 2. The zero-order chi connectivity index (χ0) is 26.0. The molecule has 2 fully saturated rings. The number of amides is 1. The minimum atomic E-state index is -4.69. The molecular formula is C26H31F3N6O2. The normalized spacial score (nSPS) is 21.2. The first-order valence-corrected chi connectivity index (χ1v) is 12.7. The van der Waals surface area contributed by atoms with E-state index in [-0.39, 0.29) is 5.69 Å². The molecule has 1 aromatic carbocycles. The lowest BCUT2D eigenvalue weighted by atomic mass is 9.85. The quantitative estimate of drug-likeness (QED) is 0.507. The first kappa shape index (κ1) is 25.5. The van der Waals surface area contributed by atoms with Crippen LogP contribution in [0, 0.1) is 5.92 Å². The first-order chi connectivity index (χ1) is 17.8. The molecule has 8 nitrogen and oxygen atoms in total. The lowest BCUT2D eigenvalue weighted by Crippen LogP contribution is -2.45. The maximum Gasteiger partial charge on any atom is 0.418 e. The Kier molecular flexibility index (Phi) is 7.34. The van der Waals surface area contributed by atoms with E-state index in [0.717, 1.165) is 82.1 Å². The molecule has 2 N–H and O–H groups in total. The number of carbonyl (C=O) groups excluding carboxylic acids is 1. The zero-order valence-corrected chi connectivity index (χ0v) is 20.7. The molecule has 1 amide bonds. The second-order valence-electron chi connectivity index (χ2n) is 9.80. The molecule has 0 unspecified atom stereocenters. The fourth-order valence-electron chi connectivity index (χ4n) is 5.37. The molecule has 1 saturated heterocycles. The highest BCUT2D eigenvalue weighted by Gasteiger charge is 2.36. The maximum absolute atomic E-state index is 13.4. The lowest BCUT2D eigenvalue weighted by molar-refractivity contribution is -0.138. The molecule has 37 heavy (non-hydrogen) atoms. The number of ether oxygens (including phenoxy) is 1. The molecule has 1 saturated carbocycles. The van der Waals surface area contributed by atoms with Crippen LogP contribution in [0.15, 0.2) is 36.7 Å². The Morgan fingerprint density at radius 1 is 1.19 bits per heavy atom. The number of pyridine rings is 1. The number of piperazine rings is 1. The highest BCUT2D eigenvalue weighted by Crippen LogP contribution is 2.36. The van der Waals surface area contributed by atoms with Crippen LogP contribution in [0.2, 0.25) is 0 Å². The van der Waals surface area contributed by atoms with Crippen LogP contribution in [0.1, 0.15) is 47.8 Å². The summed E-state index contributed by atoms with van der Waals surface area (Å²) in [5.41, 5.74) is -0.817. The van der Waals surface area contributed by atoms with Gasteiger partial charge in [-0.1, -0.05) is 0 Å². The van der Waals surface area contributed by atoms with E-state index in [1.54, 1.807) is 12.1 Å². The van der Waals surface area contributed by atoms with Gasteiger partial charge in [0.05, 0.1) is 29.9 Å². The van der Waals surface area contributed by atoms with Gasteiger partial charge in [-0.2, -0.15) is 18.3 Å². The molecule has 1 aliphatic carbocycles. The number of hydrogen-bond donors (Lipinski definition) is 2. The number of carbonyl (C=O) groups is 1. The van der Waals surface area contributed by atoms with Crippen LogP contribution in [0.3, 0.4) is 0 Å². The summed E-state index contributed by atoms with van der Waals surface area (Å²) >= 11 is 0. The van der Waals surface area contributed by atoms with Gasteiger partial charge in [-0.15, -0.1) is 0 Å². The average molecular weight is 517 g/mol. The van der Waals surface area contributed by atoms with Crippen LogP contribution in [0.5, 0.6) is 5.75 Å². The molecule has 2 aliphatic rings. The third-order valence-electron chi connectivity index (χ3n) is 7.34. The van der Waals surface area contributed by atoms with Crippen LogP contribution in [0.25, 0.3) is 10.9 Å². The number of rotatable bonds is 6. The Morgan fingerprint density at radius 3 is 2.65 bits per heavy atom. The zero-order valence-electron chi connectivity index (χ0n) is 20.7. The fourth-order valence-corrected chi connectivity index (χ4v) is 5.37. The largest absolute Gasteiger partial charge is 0.494 e. The number of hydrogen-bond acceptors (Lipinski definition) is 6. The van der Waals surface area contributed by atoms with Crippen molar-refractivity contribution in [2.24, 2.45) is 5.92 Å². The van der Waals surface area contributed by atoms with Gasteiger partial charge in [-0.05, 0) is 49.8 Å². The van der Waals surface area contributed by atoms with E-state index in [2.05, 4.69) is 20.5 Å². The molecule has 1 aliphatic heterocycles. The number of aromatic nitrogens is 3. The number of benzene rings is 1. The predicted octanol–water partition coefficient (Wildman–Crippen LogP) is 4.35. The van der Waals surface area contributed by atoms with E-state index < -0.39 is 23.3 Å². The van der Waals surface area contributed by atoms with Crippen molar-refractivity contribution in [3.8, 4) is 5.75 Å². The van der Waals surface area contributed by atoms with Crippen LogP contribution in [-0.2, 0) is 6.18 Å². The molecule has 5 rings (SSSR count). The minimum Gasteiger partial charge on any atom is -0.494 e. The van der Waals surface area contributed by atoms with Crippen LogP contribution < -0.4 is 15.4 Å². The van der Waals surface area contributed by atoms with Crippen molar-refractivity contribution < 1.29 is 22.7 Å². The highest BCUT2D eigenvalue weighted by atomic mass is 19.4. The summed E-state index contributed by atoms with van der Waals surface area (Å²) in [6.07, 6.45) is 2.81. The van der Waals surface area contributed by atoms with Crippen molar-refractivity contribution >= 4 is 22.5 Å². The van der Waals surface area contributed by atoms with E-state index >= 15 is 0 Å². The summed E-state index contributed by atoms with van der Waals surface area (Å²) in [6, 6.07) is 5.66. The lowest BCUT2D eigenvalue weighted by Gasteiger charge is -2.34. The minimum absolute atomic E-state index is 0.262. The Bertz CT molecular complexity index is 1250. The Labute approximate surface area is 213 Å². The second kappa shape index (κ2) is 10.7. The van der Waals surface area contributed by atoms with Crippen molar-refractivity contribution in [1.29, 1.82) is 0 Å². The third kappa shape index (κ3) is 5.72. The number of alkyl halides is 3. The number of halogens is 3. The van der Waals surface area contributed by atoms with E-state index in [1.165, 1.54) is 7.11 Å². The Morgan fingerprint density at radius 2 is 1.95 bits per heavy atom.